The van der Waals surface area contributed by atoms with Gasteiger partial charge in [0, 0.05) is 6.54 Å². The standard InChI is InChI=1S/C20H29N3O5/c1-4-13(2)17(12-24)21-18(25)11-16-19(26)23(20(27)22-16)10-9-14-5-7-15(28-3)8-6-14/h5-8,13,16-17,24H,4,9-12H2,1-3H3,(H,21,25)(H,22,27)/t13-,16+,17-/m0/s1. The zero-order valence-electron chi connectivity index (χ0n) is 16.6. The molecule has 8 nitrogen and oxygen atoms in total. The van der Waals surface area contributed by atoms with Gasteiger partial charge in [0.15, 0.2) is 0 Å². The van der Waals surface area contributed by atoms with Crippen molar-refractivity contribution >= 4 is 17.8 Å². The van der Waals surface area contributed by atoms with E-state index in [-0.39, 0.29) is 37.4 Å². The molecule has 2 rings (SSSR count). The van der Waals surface area contributed by atoms with E-state index in [4.69, 9.17) is 4.74 Å². The first-order valence-electron chi connectivity index (χ1n) is 9.54. The number of imide groups is 1. The SMILES string of the molecule is CC[C@H](C)[C@H](CO)NC(=O)C[C@H]1NC(=O)N(CCc2ccc(OC)cc2)C1=O. The van der Waals surface area contributed by atoms with Crippen molar-refractivity contribution < 1.29 is 24.2 Å². The van der Waals surface area contributed by atoms with E-state index in [1.165, 1.54) is 0 Å². The summed E-state index contributed by atoms with van der Waals surface area (Å²) in [4.78, 5) is 38.0. The molecular formula is C20H29N3O5. The molecule has 0 unspecified atom stereocenters. The number of hydrogen-bond acceptors (Lipinski definition) is 5. The van der Waals surface area contributed by atoms with Gasteiger partial charge in [0.05, 0.1) is 26.2 Å². The number of nitrogens with one attached hydrogen (secondary N) is 2. The highest BCUT2D eigenvalue weighted by Crippen LogP contribution is 2.15. The summed E-state index contributed by atoms with van der Waals surface area (Å²) in [6, 6.07) is 5.68. The maximum atomic E-state index is 12.5. The summed E-state index contributed by atoms with van der Waals surface area (Å²) in [6.07, 6.45) is 1.18. The van der Waals surface area contributed by atoms with Gasteiger partial charge in [0.1, 0.15) is 11.8 Å². The van der Waals surface area contributed by atoms with E-state index in [1.807, 2.05) is 38.1 Å². The van der Waals surface area contributed by atoms with E-state index in [9.17, 15) is 19.5 Å². The molecule has 28 heavy (non-hydrogen) atoms. The van der Waals surface area contributed by atoms with Crippen molar-refractivity contribution in [3.05, 3.63) is 29.8 Å². The molecule has 1 aromatic carbocycles. The lowest BCUT2D eigenvalue weighted by Crippen LogP contribution is -2.45. The van der Waals surface area contributed by atoms with Crippen LogP contribution in [0, 0.1) is 5.92 Å². The number of amides is 4. The molecule has 0 aliphatic carbocycles. The number of aliphatic hydroxyl groups is 1. The van der Waals surface area contributed by atoms with Gasteiger partial charge >= 0.3 is 6.03 Å². The topological polar surface area (TPSA) is 108 Å². The van der Waals surface area contributed by atoms with Crippen LogP contribution in [0.15, 0.2) is 24.3 Å². The molecule has 1 fully saturated rings. The van der Waals surface area contributed by atoms with Crippen LogP contribution >= 0.6 is 0 Å². The molecule has 0 radical (unpaired) electrons. The smallest absolute Gasteiger partial charge is 0.324 e. The maximum Gasteiger partial charge on any atom is 0.324 e. The molecule has 0 bridgehead atoms. The van der Waals surface area contributed by atoms with E-state index in [1.54, 1.807) is 7.11 Å². The second-order valence-corrected chi connectivity index (χ2v) is 7.04. The molecule has 1 heterocycles. The quantitative estimate of drug-likeness (QED) is 0.517. The fourth-order valence-electron chi connectivity index (χ4n) is 3.06. The first kappa shape index (κ1) is 21.7. The fourth-order valence-corrected chi connectivity index (χ4v) is 3.06. The minimum Gasteiger partial charge on any atom is -0.497 e. The lowest BCUT2D eigenvalue weighted by molar-refractivity contribution is -0.131. The number of aliphatic hydroxyl groups excluding tert-OH is 1. The minimum absolute atomic E-state index is 0.115. The summed E-state index contributed by atoms with van der Waals surface area (Å²) in [7, 11) is 1.59. The Hall–Kier alpha value is -2.61. The highest BCUT2D eigenvalue weighted by Gasteiger charge is 2.39. The normalized spacial score (nSPS) is 18.6. The van der Waals surface area contributed by atoms with E-state index in [0.717, 1.165) is 22.6 Å². The Kier molecular flexibility index (Phi) is 7.80. The van der Waals surface area contributed by atoms with E-state index < -0.39 is 18.0 Å². The third-order valence-corrected chi connectivity index (χ3v) is 5.15. The number of rotatable bonds is 10. The lowest BCUT2D eigenvalue weighted by Gasteiger charge is -2.22. The number of hydrogen-bond donors (Lipinski definition) is 3. The molecule has 154 valence electrons. The zero-order chi connectivity index (χ0) is 20.7. The van der Waals surface area contributed by atoms with Crippen LogP contribution < -0.4 is 15.4 Å². The summed E-state index contributed by atoms with van der Waals surface area (Å²) in [5.41, 5.74) is 0.974. The van der Waals surface area contributed by atoms with E-state index in [2.05, 4.69) is 10.6 Å². The van der Waals surface area contributed by atoms with Crippen LogP contribution in [0.3, 0.4) is 0 Å². The molecule has 0 spiro atoms. The van der Waals surface area contributed by atoms with Crippen LogP contribution in [0.2, 0.25) is 0 Å². The number of carbonyl (C=O) groups is 3. The third kappa shape index (κ3) is 5.45. The summed E-state index contributed by atoms with van der Waals surface area (Å²) in [5.74, 6) is 0.0833. The maximum absolute atomic E-state index is 12.5. The van der Waals surface area contributed by atoms with Gasteiger partial charge < -0.3 is 20.5 Å². The van der Waals surface area contributed by atoms with Crippen LogP contribution in [0.4, 0.5) is 4.79 Å². The minimum atomic E-state index is -0.875. The molecular weight excluding hydrogens is 362 g/mol. The molecule has 1 saturated heterocycles. The molecule has 3 atom stereocenters. The molecule has 0 saturated carbocycles. The predicted molar refractivity (Wildman–Crippen MR) is 104 cm³/mol. The monoisotopic (exact) mass is 391 g/mol. The number of nitrogens with zero attached hydrogens (tertiary/aromatic N) is 1. The van der Waals surface area contributed by atoms with Crippen LogP contribution in [0.5, 0.6) is 5.75 Å². The first-order valence-corrected chi connectivity index (χ1v) is 9.54. The average molecular weight is 391 g/mol. The Bertz CT molecular complexity index is 692. The summed E-state index contributed by atoms with van der Waals surface area (Å²) < 4.78 is 5.11. The van der Waals surface area contributed by atoms with Crippen LogP contribution in [0.1, 0.15) is 32.3 Å². The van der Waals surface area contributed by atoms with Gasteiger partial charge in [-0.05, 0) is 30.0 Å². The van der Waals surface area contributed by atoms with Gasteiger partial charge in [0.25, 0.3) is 5.91 Å². The Labute approximate surface area is 165 Å². The van der Waals surface area contributed by atoms with Crippen molar-refractivity contribution in [2.24, 2.45) is 5.92 Å². The van der Waals surface area contributed by atoms with Gasteiger partial charge in [-0.3, -0.25) is 14.5 Å². The van der Waals surface area contributed by atoms with Crippen molar-refractivity contribution in [2.45, 2.75) is 45.2 Å². The first-order chi connectivity index (χ1) is 13.4. The molecule has 3 N–H and O–H groups in total. The summed E-state index contributed by atoms with van der Waals surface area (Å²) >= 11 is 0. The van der Waals surface area contributed by atoms with Crippen LogP contribution in [-0.4, -0.2) is 60.2 Å². The van der Waals surface area contributed by atoms with Crippen LogP contribution in [0.25, 0.3) is 0 Å². The molecule has 1 aromatic rings. The second-order valence-electron chi connectivity index (χ2n) is 7.04. The van der Waals surface area contributed by atoms with Gasteiger partial charge in [-0.15, -0.1) is 0 Å². The number of benzene rings is 1. The largest absolute Gasteiger partial charge is 0.497 e. The van der Waals surface area contributed by atoms with Crippen molar-refractivity contribution in [3.8, 4) is 5.75 Å². The summed E-state index contributed by atoms with van der Waals surface area (Å²) in [5, 5.41) is 14.7. The van der Waals surface area contributed by atoms with E-state index >= 15 is 0 Å². The number of urea groups is 1. The van der Waals surface area contributed by atoms with Crippen molar-refractivity contribution in [2.75, 3.05) is 20.3 Å². The molecule has 0 aromatic heterocycles. The predicted octanol–water partition coefficient (Wildman–Crippen LogP) is 1.07. The van der Waals surface area contributed by atoms with Gasteiger partial charge in [0.2, 0.25) is 5.91 Å². The number of methoxy groups -OCH3 is 1. The van der Waals surface area contributed by atoms with Crippen molar-refractivity contribution in [3.63, 3.8) is 0 Å². The fraction of sp³-hybridized carbons (Fsp3) is 0.550. The highest BCUT2D eigenvalue weighted by molar-refractivity contribution is 6.05. The zero-order valence-corrected chi connectivity index (χ0v) is 16.6. The highest BCUT2D eigenvalue weighted by atomic mass is 16.5. The Morgan fingerprint density at radius 2 is 2.00 bits per heavy atom. The van der Waals surface area contributed by atoms with Gasteiger partial charge in [-0.1, -0.05) is 32.4 Å². The molecule has 8 heteroatoms. The third-order valence-electron chi connectivity index (χ3n) is 5.15. The van der Waals surface area contributed by atoms with Crippen molar-refractivity contribution in [1.29, 1.82) is 0 Å². The molecule has 1 aliphatic rings. The van der Waals surface area contributed by atoms with E-state index in [0.29, 0.717) is 6.42 Å². The number of carbonyl (C=O) groups excluding carboxylic acids is 3. The lowest BCUT2D eigenvalue weighted by atomic mass is 9.99. The second kappa shape index (κ2) is 10.1. The van der Waals surface area contributed by atoms with Gasteiger partial charge in [-0.25, -0.2) is 4.79 Å². The molecule has 1 aliphatic heterocycles. The summed E-state index contributed by atoms with van der Waals surface area (Å²) in [6.45, 7) is 3.98. The molecule has 4 amide bonds. The van der Waals surface area contributed by atoms with Crippen LogP contribution in [-0.2, 0) is 16.0 Å². The average Bonchev–Trinajstić information content (AvgIpc) is 2.96. The number of ether oxygens (including phenoxy) is 1. The van der Waals surface area contributed by atoms with Gasteiger partial charge in [-0.2, -0.15) is 0 Å². The Morgan fingerprint density at radius 1 is 1.32 bits per heavy atom. The Morgan fingerprint density at radius 3 is 2.57 bits per heavy atom. The Balaban J connectivity index is 1.88. The van der Waals surface area contributed by atoms with Crippen molar-refractivity contribution in [1.82, 2.24) is 15.5 Å².